The second-order valence-corrected chi connectivity index (χ2v) is 15.1. The number of aromatic nitrogens is 2. The van der Waals surface area contributed by atoms with Crippen LogP contribution in [0.4, 0.5) is 16.3 Å². The van der Waals surface area contributed by atoms with Gasteiger partial charge in [0.05, 0.1) is 37.4 Å². The third kappa shape index (κ3) is 8.49. The van der Waals surface area contributed by atoms with E-state index >= 15 is 0 Å². The molecule has 3 fully saturated rings. The van der Waals surface area contributed by atoms with Crippen molar-refractivity contribution in [1.82, 2.24) is 19.8 Å². The molecule has 12 nitrogen and oxygen atoms in total. The Morgan fingerprint density at radius 1 is 0.909 bits per heavy atom. The van der Waals surface area contributed by atoms with Crippen LogP contribution in [-0.4, -0.2) is 97.2 Å². The number of anilines is 2. The number of hydrogen-bond acceptors (Lipinski definition) is 11. The summed E-state index contributed by atoms with van der Waals surface area (Å²) in [5, 5.41) is 12.2. The number of nitrogens with zero attached hydrogens (tertiary/aromatic N) is 7. The summed E-state index contributed by atoms with van der Waals surface area (Å²) in [6.45, 7) is 5.81. The monoisotopic (exact) mass is 745 g/mol. The van der Waals surface area contributed by atoms with Crippen molar-refractivity contribution in [3.05, 3.63) is 89.1 Å². The van der Waals surface area contributed by atoms with Crippen molar-refractivity contribution in [2.75, 3.05) is 62.8 Å². The van der Waals surface area contributed by atoms with E-state index in [1.807, 2.05) is 30.3 Å². The molecule has 4 aliphatic heterocycles. The predicted molar refractivity (Wildman–Crippen MR) is 210 cm³/mol. The Bertz CT molecular complexity index is 1980. The lowest BCUT2D eigenvalue weighted by molar-refractivity contribution is -0.168. The van der Waals surface area contributed by atoms with E-state index in [4.69, 9.17) is 28.9 Å². The van der Waals surface area contributed by atoms with E-state index in [9.17, 15) is 10.1 Å². The molecule has 288 valence electrons. The van der Waals surface area contributed by atoms with Crippen LogP contribution >= 0.6 is 0 Å². The van der Waals surface area contributed by atoms with Gasteiger partial charge in [0.15, 0.2) is 6.29 Å². The van der Waals surface area contributed by atoms with Crippen molar-refractivity contribution in [2.45, 2.75) is 83.1 Å². The van der Waals surface area contributed by atoms with Crippen molar-refractivity contribution in [3.63, 3.8) is 0 Å². The molecule has 0 aliphatic carbocycles. The Labute approximate surface area is 323 Å². The molecule has 1 aromatic heterocycles. The van der Waals surface area contributed by atoms with Crippen molar-refractivity contribution in [1.29, 1.82) is 5.26 Å². The maximum absolute atomic E-state index is 13.3. The molecule has 1 amide bonds. The van der Waals surface area contributed by atoms with Crippen LogP contribution in [0.25, 0.3) is 10.8 Å². The van der Waals surface area contributed by atoms with Crippen LogP contribution in [0.2, 0.25) is 0 Å². The molecule has 55 heavy (non-hydrogen) atoms. The molecule has 1 unspecified atom stereocenters. The molecule has 3 saturated heterocycles. The molecule has 0 N–H and O–H groups in total. The largest absolute Gasteiger partial charge is 0.462 e. The van der Waals surface area contributed by atoms with Crippen LogP contribution < -0.4 is 14.5 Å². The SMILES string of the molecule is CN1CCC[C@H]1COc1nc2c(c(N3CCN(C(=O)OCc4ccccc4)[C@@H](CC#N)C3)n1)CCN(c1cccc3cccc(COC4CCCCO4)c13)C2. The number of carbonyl (C=O) groups excluding carboxylic acids is 1. The molecule has 4 aromatic rings. The van der Waals surface area contributed by atoms with Gasteiger partial charge in [-0.1, -0.05) is 60.7 Å². The van der Waals surface area contributed by atoms with Crippen molar-refractivity contribution in [2.24, 2.45) is 0 Å². The summed E-state index contributed by atoms with van der Waals surface area (Å²) < 4.78 is 24.3. The fourth-order valence-corrected chi connectivity index (χ4v) is 8.46. The quantitative estimate of drug-likeness (QED) is 0.169. The lowest BCUT2D eigenvalue weighted by Gasteiger charge is -2.42. The van der Waals surface area contributed by atoms with Crippen LogP contribution in [0.15, 0.2) is 66.7 Å². The number of amides is 1. The number of fused-ring (bicyclic) bond motifs is 2. The summed E-state index contributed by atoms with van der Waals surface area (Å²) in [7, 11) is 2.14. The molecule has 0 bridgehead atoms. The number of carbonyl (C=O) groups is 1. The summed E-state index contributed by atoms with van der Waals surface area (Å²) in [6, 6.07) is 25.2. The second-order valence-electron chi connectivity index (χ2n) is 15.1. The number of likely N-dealkylation sites (N-methyl/N-ethyl adjacent to an activating group) is 1. The first-order valence-electron chi connectivity index (χ1n) is 19.8. The molecule has 3 aromatic carbocycles. The second kappa shape index (κ2) is 17.2. The fourth-order valence-electron chi connectivity index (χ4n) is 8.46. The van der Waals surface area contributed by atoms with Gasteiger partial charge in [-0.25, -0.2) is 4.79 Å². The van der Waals surface area contributed by atoms with E-state index in [1.165, 1.54) is 10.8 Å². The Morgan fingerprint density at radius 3 is 2.58 bits per heavy atom. The zero-order valence-corrected chi connectivity index (χ0v) is 31.8. The Hall–Kier alpha value is -4.96. The van der Waals surface area contributed by atoms with E-state index in [0.717, 1.165) is 92.1 Å². The summed E-state index contributed by atoms with van der Waals surface area (Å²) in [5.41, 5.74) is 5.25. The first kappa shape index (κ1) is 37.0. The van der Waals surface area contributed by atoms with Gasteiger partial charge in [0.1, 0.15) is 19.0 Å². The standard InChI is InChI=1S/C43H51N7O5/c1-47-21-9-15-35(47)30-54-42-45-37-27-48(38-16-8-13-32-12-7-14-33(40(32)38)29-53-39-17-5-6-25-52-39)22-19-36(37)41(46-42)49-23-24-50(34(26-49)18-20-44)43(51)55-28-31-10-3-2-4-11-31/h2-4,7-8,10-14,16,34-35,39H,5-6,9,15,17-19,21-30H2,1H3/t34-,35-,39?/m0/s1. The third-order valence-corrected chi connectivity index (χ3v) is 11.5. The lowest BCUT2D eigenvalue weighted by atomic mass is 9.99. The Balaban J connectivity index is 1.06. The van der Waals surface area contributed by atoms with E-state index in [0.29, 0.717) is 51.4 Å². The van der Waals surface area contributed by atoms with Gasteiger partial charge in [-0.05, 0) is 74.7 Å². The van der Waals surface area contributed by atoms with Crippen LogP contribution in [0.5, 0.6) is 6.01 Å². The highest BCUT2D eigenvalue weighted by Gasteiger charge is 2.35. The van der Waals surface area contributed by atoms with E-state index in [1.54, 1.807) is 4.90 Å². The van der Waals surface area contributed by atoms with Gasteiger partial charge in [-0.15, -0.1) is 0 Å². The molecule has 0 radical (unpaired) electrons. The number of rotatable bonds is 11. The van der Waals surface area contributed by atoms with E-state index in [2.05, 4.69) is 64.2 Å². The van der Waals surface area contributed by atoms with Gasteiger partial charge in [0.25, 0.3) is 0 Å². The topological polar surface area (TPSA) is 117 Å². The first-order chi connectivity index (χ1) is 27.0. The van der Waals surface area contributed by atoms with Crippen LogP contribution in [-0.2, 0) is 40.4 Å². The van der Waals surface area contributed by atoms with E-state index in [-0.39, 0.29) is 25.4 Å². The smallest absolute Gasteiger partial charge is 0.410 e. The average Bonchev–Trinajstić information content (AvgIpc) is 3.65. The number of ether oxygens (including phenoxy) is 4. The zero-order valence-electron chi connectivity index (χ0n) is 31.8. The first-order valence-corrected chi connectivity index (χ1v) is 19.8. The maximum atomic E-state index is 13.3. The molecule has 0 saturated carbocycles. The Morgan fingerprint density at radius 2 is 1.78 bits per heavy atom. The normalized spacial score (nSPS) is 21.7. The minimum atomic E-state index is -0.403. The van der Waals surface area contributed by atoms with Gasteiger partial charge in [0, 0.05) is 55.5 Å². The number of nitriles is 1. The highest BCUT2D eigenvalue weighted by molar-refractivity contribution is 5.97. The lowest BCUT2D eigenvalue weighted by Crippen LogP contribution is -2.55. The minimum Gasteiger partial charge on any atom is -0.462 e. The number of benzene rings is 3. The molecule has 0 spiro atoms. The minimum absolute atomic E-state index is 0.162. The highest BCUT2D eigenvalue weighted by Crippen LogP contribution is 2.37. The molecule has 3 atom stereocenters. The average molecular weight is 746 g/mol. The van der Waals surface area contributed by atoms with Gasteiger partial charge < -0.3 is 38.5 Å². The predicted octanol–water partition coefficient (Wildman–Crippen LogP) is 6.45. The van der Waals surface area contributed by atoms with Crippen molar-refractivity contribution >= 4 is 28.4 Å². The number of hydrogen-bond donors (Lipinski definition) is 0. The molecular formula is C43H51N7O5. The van der Waals surface area contributed by atoms with Gasteiger partial charge in [-0.2, -0.15) is 15.2 Å². The highest BCUT2D eigenvalue weighted by atomic mass is 16.7. The molecule has 8 rings (SSSR count). The zero-order chi connectivity index (χ0) is 37.6. The molecule has 4 aliphatic rings. The van der Waals surface area contributed by atoms with Crippen LogP contribution in [0.1, 0.15) is 60.9 Å². The van der Waals surface area contributed by atoms with Gasteiger partial charge in [0.2, 0.25) is 0 Å². The van der Waals surface area contributed by atoms with Crippen LogP contribution in [0.3, 0.4) is 0 Å². The summed E-state index contributed by atoms with van der Waals surface area (Å²) in [5.74, 6) is 0.833. The Kier molecular flexibility index (Phi) is 11.6. The summed E-state index contributed by atoms with van der Waals surface area (Å²) in [6.07, 6.45) is 5.74. The fraction of sp³-hybridized carbons (Fsp3) is 0.488. The molecule has 5 heterocycles. The van der Waals surface area contributed by atoms with Gasteiger partial charge >= 0.3 is 12.1 Å². The number of likely N-dealkylation sites (tertiary alicyclic amines) is 1. The maximum Gasteiger partial charge on any atom is 0.410 e. The number of piperazine rings is 1. The van der Waals surface area contributed by atoms with Crippen molar-refractivity contribution in [3.8, 4) is 12.1 Å². The van der Waals surface area contributed by atoms with Crippen LogP contribution in [0, 0.1) is 11.3 Å². The molecular weight excluding hydrogens is 695 g/mol. The van der Waals surface area contributed by atoms with Crippen molar-refractivity contribution < 1.29 is 23.7 Å². The summed E-state index contributed by atoms with van der Waals surface area (Å²) >= 11 is 0. The summed E-state index contributed by atoms with van der Waals surface area (Å²) in [4.78, 5) is 32.2. The van der Waals surface area contributed by atoms with Gasteiger partial charge in [-0.3, -0.25) is 0 Å². The molecule has 12 heteroatoms. The van der Waals surface area contributed by atoms with E-state index < -0.39 is 6.09 Å². The third-order valence-electron chi connectivity index (χ3n) is 11.5.